The van der Waals surface area contributed by atoms with E-state index in [0.29, 0.717) is 12.8 Å². The van der Waals surface area contributed by atoms with E-state index in [1.54, 1.807) is 6.92 Å². The Bertz CT molecular complexity index is 468. The number of amides is 1. The molecule has 6 nitrogen and oxygen atoms in total. The highest BCUT2D eigenvalue weighted by atomic mass is 16.6. The fourth-order valence-corrected chi connectivity index (χ4v) is 3.64. The van der Waals surface area contributed by atoms with Crippen molar-refractivity contribution in [1.29, 1.82) is 0 Å². The second-order valence-corrected chi connectivity index (χ2v) is 7.91. The van der Waals surface area contributed by atoms with Crippen LogP contribution in [0.4, 0.5) is 0 Å². The molecule has 0 bridgehead atoms. The molecule has 4 atom stereocenters. The van der Waals surface area contributed by atoms with E-state index in [9.17, 15) is 14.4 Å². The molecule has 1 fully saturated rings. The fraction of sp³-hybridized carbons (Fsp3) is 0.864. The molecule has 1 aliphatic heterocycles. The molecule has 6 heteroatoms. The van der Waals surface area contributed by atoms with Gasteiger partial charge in [-0.1, -0.05) is 65.2 Å². The summed E-state index contributed by atoms with van der Waals surface area (Å²) < 4.78 is 10.9. The molecule has 0 aliphatic carbocycles. The van der Waals surface area contributed by atoms with E-state index in [2.05, 4.69) is 12.2 Å². The van der Waals surface area contributed by atoms with Gasteiger partial charge in [-0.3, -0.25) is 9.59 Å². The molecule has 1 heterocycles. The zero-order valence-corrected chi connectivity index (χ0v) is 17.9. The van der Waals surface area contributed by atoms with Gasteiger partial charge in [0.1, 0.15) is 18.2 Å². The van der Waals surface area contributed by atoms with Crippen LogP contribution in [0.1, 0.15) is 97.8 Å². The highest BCUT2D eigenvalue weighted by molar-refractivity contribution is 5.79. The van der Waals surface area contributed by atoms with Crippen LogP contribution in [0.3, 0.4) is 0 Å². The first-order valence-corrected chi connectivity index (χ1v) is 11.1. The van der Waals surface area contributed by atoms with Gasteiger partial charge >= 0.3 is 11.9 Å². The zero-order valence-electron chi connectivity index (χ0n) is 17.9. The van der Waals surface area contributed by atoms with Gasteiger partial charge in [-0.15, -0.1) is 0 Å². The standard InChI is InChI=1S/C22H39NO5/c1-4-6-7-8-9-10-11-12-13-14-18(27-21(25)17(3)23-16-24)15-20-19(5-2)22(26)28-20/h16-20H,4-15H2,1-3H3,(H,23,24)/t17-,18-,19-,20-/m0/s1. The van der Waals surface area contributed by atoms with Crippen LogP contribution in [0.25, 0.3) is 0 Å². The van der Waals surface area contributed by atoms with Crippen molar-refractivity contribution in [2.75, 3.05) is 0 Å². The van der Waals surface area contributed by atoms with Crippen molar-refractivity contribution >= 4 is 18.3 Å². The summed E-state index contributed by atoms with van der Waals surface area (Å²) in [7, 11) is 0. The van der Waals surface area contributed by atoms with Gasteiger partial charge in [-0.25, -0.2) is 4.79 Å². The normalized spacial score (nSPS) is 20.6. The van der Waals surface area contributed by atoms with E-state index in [0.717, 1.165) is 25.7 Å². The lowest BCUT2D eigenvalue weighted by Crippen LogP contribution is -2.47. The lowest BCUT2D eigenvalue weighted by molar-refractivity contribution is -0.189. The van der Waals surface area contributed by atoms with Crippen LogP contribution in [0, 0.1) is 5.92 Å². The number of hydrogen-bond acceptors (Lipinski definition) is 5. The molecule has 0 aromatic heterocycles. The van der Waals surface area contributed by atoms with Crippen molar-refractivity contribution in [3.05, 3.63) is 0 Å². The highest BCUT2D eigenvalue weighted by Crippen LogP contribution is 2.30. The summed E-state index contributed by atoms with van der Waals surface area (Å²) in [4.78, 5) is 34.2. The average Bonchev–Trinajstić information content (AvgIpc) is 2.66. The van der Waals surface area contributed by atoms with Gasteiger partial charge in [0, 0.05) is 6.42 Å². The predicted octanol–water partition coefficient (Wildman–Crippen LogP) is 4.30. The Balaban J connectivity index is 2.35. The smallest absolute Gasteiger partial charge is 0.328 e. The van der Waals surface area contributed by atoms with Gasteiger partial charge in [-0.2, -0.15) is 0 Å². The minimum Gasteiger partial charge on any atom is -0.461 e. The molecule has 0 spiro atoms. The summed E-state index contributed by atoms with van der Waals surface area (Å²) in [5, 5.41) is 2.42. The Kier molecular flexibility index (Phi) is 12.6. The number of nitrogens with one attached hydrogen (secondary N) is 1. The number of esters is 2. The number of hydrogen-bond donors (Lipinski definition) is 1. The summed E-state index contributed by atoms with van der Waals surface area (Å²) >= 11 is 0. The fourth-order valence-electron chi connectivity index (χ4n) is 3.64. The number of unbranched alkanes of at least 4 members (excludes halogenated alkanes) is 8. The van der Waals surface area contributed by atoms with Crippen LogP contribution in [-0.4, -0.2) is 36.6 Å². The maximum atomic E-state index is 12.2. The van der Waals surface area contributed by atoms with Gasteiger partial charge in [-0.05, 0) is 26.2 Å². The summed E-state index contributed by atoms with van der Waals surface area (Å²) in [6, 6.07) is -0.672. The lowest BCUT2D eigenvalue weighted by Gasteiger charge is -2.36. The second-order valence-electron chi connectivity index (χ2n) is 7.91. The van der Waals surface area contributed by atoms with Gasteiger partial charge in [0.05, 0.1) is 5.92 Å². The van der Waals surface area contributed by atoms with Crippen molar-refractivity contribution in [1.82, 2.24) is 5.32 Å². The van der Waals surface area contributed by atoms with Crippen LogP contribution < -0.4 is 5.32 Å². The molecule has 1 amide bonds. The Hall–Kier alpha value is -1.59. The maximum Gasteiger partial charge on any atom is 0.328 e. The van der Waals surface area contributed by atoms with Gasteiger partial charge < -0.3 is 14.8 Å². The quantitative estimate of drug-likeness (QED) is 0.225. The molecule has 1 rings (SSSR count). The maximum absolute atomic E-state index is 12.2. The molecular weight excluding hydrogens is 358 g/mol. The van der Waals surface area contributed by atoms with Crippen molar-refractivity contribution < 1.29 is 23.9 Å². The molecule has 28 heavy (non-hydrogen) atoms. The molecule has 0 saturated carbocycles. The molecular formula is C22H39NO5. The largest absolute Gasteiger partial charge is 0.461 e. The van der Waals surface area contributed by atoms with Crippen LogP contribution in [-0.2, 0) is 23.9 Å². The molecule has 162 valence electrons. The summed E-state index contributed by atoms with van der Waals surface area (Å²) in [6.07, 6.45) is 13.2. The Morgan fingerprint density at radius 1 is 1.11 bits per heavy atom. The third kappa shape index (κ3) is 9.07. The summed E-state index contributed by atoms with van der Waals surface area (Å²) in [6.45, 7) is 5.80. The predicted molar refractivity (Wildman–Crippen MR) is 109 cm³/mol. The first-order chi connectivity index (χ1) is 13.5. The molecule has 0 aromatic carbocycles. The van der Waals surface area contributed by atoms with E-state index in [1.165, 1.54) is 44.9 Å². The van der Waals surface area contributed by atoms with Gasteiger partial charge in [0.25, 0.3) is 0 Å². The minimum atomic E-state index is -0.672. The van der Waals surface area contributed by atoms with Gasteiger partial charge in [0.2, 0.25) is 6.41 Å². The number of ether oxygens (including phenoxy) is 2. The van der Waals surface area contributed by atoms with Crippen molar-refractivity contribution in [2.24, 2.45) is 5.92 Å². The van der Waals surface area contributed by atoms with E-state index in [4.69, 9.17) is 9.47 Å². The molecule has 0 aromatic rings. The SMILES string of the molecule is CCCCCCCCCCC[C@@H](C[C@@H]1OC(=O)[C@H]1CC)OC(=O)[C@H](C)NC=O. The lowest BCUT2D eigenvalue weighted by atomic mass is 9.89. The van der Waals surface area contributed by atoms with Crippen LogP contribution >= 0.6 is 0 Å². The Morgan fingerprint density at radius 2 is 1.71 bits per heavy atom. The highest BCUT2D eigenvalue weighted by Gasteiger charge is 2.42. The number of cyclic esters (lactones) is 1. The number of rotatable bonds is 17. The van der Waals surface area contributed by atoms with Crippen LogP contribution in [0.2, 0.25) is 0 Å². The average molecular weight is 398 g/mol. The third-order valence-corrected chi connectivity index (χ3v) is 5.54. The third-order valence-electron chi connectivity index (χ3n) is 5.54. The summed E-state index contributed by atoms with van der Waals surface area (Å²) in [5.41, 5.74) is 0. The van der Waals surface area contributed by atoms with E-state index < -0.39 is 12.0 Å². The first kappa shape index (κ1) is 24.4. The Morgan fingerprint density at radius 3 is 2.25 bits per heavy atom. The molecule has 1 N–H and O–H groups in total. The summed E-state index contributed by atoms with van der Waals surface area (Å²) in [5.74, 6) is -0.682. The zero-order chi connectivity index (χ0) is 20.8. The van der Waals surface area contributed by atoms with Crippen LogP contribution in [0.5, 0.6) is 0 Å². The number of carbonyl (C=O) groups is 3. The monoisotopic (exact) mass is 397 g/mol. The Labute approximate surface area is 170 Å². The molecule has 1 aliphatic rings. The van der Waals surface area contributed by atoms with E-state index >= 15 is 0 Å². The number of carbonyl (C=O) groups excluding carboxylic acids is 3. The first-order valence-electron chi connectivity index (χ1n) is 11.1. The molecule has 1 saturated heterocycles. The molecule has 0 radical (unpaired) electrons. The van der Waals surface area contributed by atoms with E-state index in [-0.39, 0.29) is 24.1 Å². The van der Waals surface area contributed by atoms with E-state index in [1.807, 2.05) is 6.92 Å². The van der Waals surface area contributed by atoms with Gasteiger partial charge in [0.15, 0.2) is 0 Å². The van der Waals surface area contributed by atoms with Crippen molar-refractivity contribution in [2.45, 2.75) is 116 Å². The second kappa shape index (κ2) is 14.4. The van der Waals surface area contributed by atoms with Crippen molar-refractivity contribution in [3.8, 4) is 0 Å². The van der Waals surface area contributed by atoms with Crippen molar-refractivity contribution in [3.63, 3.8) is 0 Å². The van der Waals surface area contributed by atoms with Crippen LogP contribution in [0.15, 0.2) is 0 Å². The minimum absolute atomic E-state index is 0.0881. The molecule has 0 unspecified atom stereocenters. The topological polar surface area (TPSA) is 81.7 Å².